The molecule has 108 valence electrons. The standard InChI is InChI=1S/C14H32N4/c1-3-18-13-6-9-15-7-4-11-17(2)12-5-8-16-10-14-18/h15-16H,3-14H2,1-2H3. The van der Waals surface area contributed by atoms with Gasteiger partial charge in [-0.3, -0.25) is 0 Å². The highest BCUT2D eigenvalue weighted by molar-refractivity contribution is 4.62. The topological polar surface area (TPSA) is 30.5 Å². The van der Waals surface area contributed by atoms with Crippen LogP contribution in [0.5, 0.6) is 0 Å². The number of rotatable bonds is 1. The van der Waals surface area contributed by atoms with Crippen molar-refractivity contribution in [2.24, 2.45) is 0 Å². The Labute approximate surface area is 113 Å². The summed E-state index contributed by atoms with van der Waals surface area (Å²) in [7, 11) is 2.23. The second-order valence-electron chi connectivity index (χ2n) is 5.30. The first-order chi connectivity index (χ1) is 8.83. The Kier molecular flexibility index (Phi) is 9.48. The summed E-state index contributed by atoms with van der Waals surface area (Å²) in [4.78, 5) is 4.99. The molecule has 1 aliphatic heterocycles. The van der Waals surface area contributed by atoms with Crippen molar-refractivity contribution in [2.45, 2.75) is 26.2 Å². The average Bonchev–Trinajstić information content (AvgIpc) is 2.38. The Morgan fingerprint density at radius 3 is 1.94 bits per heavy atom. The molecule has 0 bridgehead atoms. The smallest absolute Gasteiger partial charge is 0.0107 e. The number of hydrogen-bond donors (Lipinski definition) is 2. The lowest BCUT2D eigenvalue weighted by Crippen LogP contribution is -2.34. The minimum Gasteiger partial charge on any atom is -0.317 e. The van der Waals surface area contributed by atoms with Crippen LogP contribution in [-0.2, 0) is 0 Å². The molecule has 4 heteroatoms. The van der Waals surface area contributed by atoms with Crippen molar-refractivity contribution >= 4 is 0 Å². The molecule has 0 spiro atoms. The zero-order chi connectivity index (χ0) is 13.1. The predicted octanol–water partition coefficient (Wildman–Crippen LogP) is 0.603. The van der Waals surface area contributed by atoms with Gasteiger partial charge in [0.2, 0.25) is 0 Å². The van der Waals surface area contributed by atoms with E-state index in [1.54, 1.807) is 0 Å². The molecular formula is C14H32N4. The van der Waals surface area contributed by atoms with Gasteiger partial charge in [-0.15, -0.1) is 0 Å². The van der Waals surface area contributed by atoms with Gasteiger partial charge in [-0.2, -0.15) is 0 Å². The van der Waals surface area contributed by atoms with E-state index in [-0.39, 0.29) is 0 Å². The van der Waals surface area contributed by atoms with Crippen LogP contribution in [-0.4, -0.2) is 75.8 Å². The molecule has 1 fully saturated rings. The highest BCUT2D eigenvalue weighted by Crippen LogP contribution is 1.93. The van der Waals surface area contributed by atoms with E-state index in [1.165, 1.54) is 52.0 Å². The maximum absolute atomic E-state index is 3.56. The van der Waals surface area contributed by atoms with E-state index < -0.39 is 0 Å². The lowest BCUT2D eigenvalue weighted by Gasteiger charge is -2.20. The van der Waals surface area contributed by atoms with Gasteiger partial charge in [0, 0.05) is 13.1 Å². The minimum absolute atomic E-state index is 1.13. The second-order valence-corrected chi connectivity index (χ2v) is 5.30. The van der Waals surface area contributed by atoms with Gasteiger partial charge in [0.05, 0.1) is 0 Å². The molecule has 1 aliphatic rings. The summed E-state index contributed by atoms with van der Waals surface area (Å²) in [6, 6.07) is 0. The fraction of sp³-hybridized carbons (Fsp3) is 1.00. The second kappa shape index (κ2) is 10.7. The number of nitrogens with one attached hydrogen (secondary N) is 2. The van der Waals surface area contributed by atoms with Crippen LogP contribution in [0.1, 0.15) is 26.2 Å². The van der Waals surface area contributed by atoms with Gasteiger partial charge >= 0.3 is 0 Å². The van der Waals surface area contributed by atoms with E-state index in [9.17, 15) is 0 Å². The summed E-state index contributed by atoms with van der Waals surface area (Å²) in [5.41, 5.74) is 0. The molecule has 4 nitrogen and oxygen atoms in total. The van der Waals surface area contributed by atoms with Crippen LogP contribution in [0, 0.1) is 0 Å². The van der Waals surface area contributed by atoms with Crippen LogP contribution < -0.4 is 10.6 Å². The first-order valence-corrected chi connectivity index (χ1v) is 7.65. The van der Waals surface area contributed by atoms with E-state index >= 15 is 0 Å². The Hall–Kier alpha value is -0.160. The third kappa shape index (κ3) is 8.03. The van der Waals surface area contributed by atoms with Crippen LogP contribution in [0.25, 0.3) is 0 Å². The van der Waals surface area contributed by atoms with Crippen molar-refractivity contribution in [1.82, 2.24) is 20.4 Å². The van der Waals surface area contributed by atoms with Gasteiger partial charge in [-0.1, -0.05) is 6.92 Å². The minimum atomic E-state index is 1.13. The lowest BCUT2D eigenvalue weighted by molar-refractivity contribution is 0.282. The molecule has 1 rings (SSSR count). The molecule has 18 heavy (non-hydrogen) atoms. The Morgan fingerprint density at radius 1 is 0.778 bits per heavy atom. The SMILES string of the molecule is CCN1CCCNCCCN(C)CCCNCC1. The molecule has 0 aromatic rings. The van der Waals surface area contributed by atoms with E-state index in [4.69, 9.17) is 0 Å². The Bertz CT molecular complexity index is 187. The molecule has 2 N–H and O–H groups in total. The van der Waals surface area contributed by atoms with Crippen LogP contribution >= 0.6 is 0 Å². The predicted molar refractivity (Wildman–Crippen MR) is 79.2 cm³/mol. The van der Waals surface area contributed by atoms with E-state index in [0.717, 1.165) is 26.2 Å². The molecular weight excluding hydrogens is 224 g/mol. The van der Waals surface area contributed by atoms with Gasteiger partial charge in [-0.05, 0) is 72.1 Å². The van der Waals surface area contributed by atoms with Crippen LogP contribution in [0.3, 0.4) is 0 Å². The average molecular weight is 256 g/mol. The molecule has 0 unspecified atom stereocenters. The monoisotopic (exact) mass is 256 g/mol. The van der Waals surface area contributed by atoms with E-state index in [0.29, 0.717) is 0 Å². The van der Waals surface area contributed by atoms with Gasteiger partial charge in [0.25, 0.3) is 0 Å². The van der Waals surface area contributed by atoms with Crippen LogP contribution in [0.2, 0.25) is 0 Å². The van der Waals surface area contributed by atoms with Gasteiger partial charge in [0.1, 0.15) is 0 Å². The van der Waals surface area contributed by atoms with E-state index in [1.807, 2.05) is 0 Å². The Balaban J connectivity index is 2.23. The molecule has 1 heterocycles. The molecule has 0 saturated carbocycles. The lowest BCUT2D eigenvalue weighted by atomic mass is 10.3. The van der Waals surface area contributed by atoms with Crippen LogP contribution in [0.4, 0.5) is 0 Å². The third-order valence-electron chi connectivity index (χ3n) is 3.67. The van der Waals surface area contributed by atoms with Crippen molar-refractivity contribution < 1.29 is 0 Å². The summed E-state index contributed by atoms with van der Waals surface area (Å²) in [6.45, 7) is 12.9. The Morgan fingerprint density at radius 2 is 1.33 bits per heavy atom. The maximum atomic E-state index is 3.56. The molecule has 0 aromatic carbocycles. The van der Waals surface area contributed by atoms with Crippen molar-refractivity contribution in [3.05, 3.63) is 0 Å². The first kappa shape index (κ1) is 15.9. The van der Waals surface area contributed by atoms with Crippen molar-refractivity contribution in [1.29, 1.82) is 0 Å². The maximum Gasteiger partial charge on any atom is 0.0107 e. The molecule has 0 atom stereocenters. The molecule has 0 aromatic heterocycles. The summed E-state index contributed by atoms with van der Waals surface area (Å²) >= 11 is 0. The molecule has 0 radical (unpaired) electrons. The highest BCUT2D eigenvalue weighted by atomic mass is 15.1. The number of likely N-dealkylation sites (N-methyl/N-ethyl adjacent to an activating group) is 1. The molecule has 0 aliphatic carbocycles. The third-order valence-corrected chi connectivity index (χ3v) is 3.67. The molecule has 0 amide bonds. The number of nitrogens with zero attached hydrogens (tertiary/aromatic N) is 2. The van der Waals surface area contributed by atoms with E-state index in [2.05, 4.69) is 34.4 Å². The first-order valence-electron chi connectivity index (χ1n) is 7.65. The normalized spacial score (nSPS) is 24.3. The van der Waals surface area contributed by atoms with Crippen LogP contribution in [0.15, 0.2) is 0 Å². The summed E-state index contributed by atoms with van der Waals surface area (Å²) in [6.07, 6.45) is 3.79. The zero-order valence-electron chi connectivity index (χ0n) is 12.4. The van der Waals surface area contributed by atoms with Gasteiger partial charge in [-0.25, -0.2) is 0 Å². The molecule has 1 saturated heterocycles. The van der Waals surface area contributed by atoms with Crippen molar-refractivity contribution in [3.63, 3.8) is 0 Å². The number of hydrogen-bond acceptors (Lipinski definition) is 4. The van der Waals surface area contributed by atoms with Gasteiger partial charge in [0.15, 0.2) is 0 Å². The summed E-state index contributed by atoms with van der Waals surface area (Å²) in [5, 5.41) is 7.11. The fourth-order valence-electron chi connectivity index (χ4n) is 2.40. The van der Waals surface area contributed by atoms with Crippen molar-refractivity contribution in [2.75, 3.05) is 66.0 Å². The summed E-state index contributed by atoms with van der Waals surface area (Å²) < 4.78 is 0. The van der Waals surface area contributed by atoms with Gasteiger partial charge < -0.3 is 20.4 Å². The highest BCUT2D eigenvalue weighted by Gasteiger charge is 2.03. The fourth-order valence-corrected chi connectivity index (χ4v) is 2.40. The van der Waals surface area contributed by atoms with Crippen molar-refractivity contribution in [3.8, 4) is 0 Å². The largest absolute Gasteiger partial charge is 0.317 e. The summed E-state index contributed by atoms with van der Waals surface area (Å²) in [5.74, 6) is 0. The quantitative estimate of drug-likeness (QED) is 0.719. The zero-order valence-corrected chi connectivity index (χ0v) is 12.4.